The van der Waals surface area contributed by atoms with Crippen molar-refractivity contribution in [1.82, 2.24) is 20.0 Å². The number of H-pyrrole nitrogens is 1. The molecule has 0 spiro atoms. The summed E-state index contributed by atoms with van der Waals surface area (Å²) in [6.45, 7) is 1.77. The zero-order valence-corrected chi connectivity index (χ0v) is 17.5. The molecule has 2 amide bonds. The second-order valence-corrected chi connectivity index (χ2v) is 7.75. The Morgan fingerprint density at radius 1 is 1.03 bits per heavy atom. The predicted octanol–water partition coefficient (Wildman–Crippen LogP) is 1.29. The van der Waals surface area contributed by atoms with Gasteiger partial charge < -0.3 is 15.5 Å². The Balaban J connectivity index is 1.53. The molecule has 2 aromatic carbocycles. The molecular weight excluding hydrogens is 413 g/mol. The van der Waals surface area contributed by atoms with E-state index in [1.54, 1.807) is 28.0 Å². The van der Waals surface area contributed by atoms with Crippen LogP contribution in [0.4, 0.5) is 4.39 Å². The fourth-order valence-electron chi connectivity index (χ4n) is 3.96. The van der Waals surface area contributed by atoms with Crippen molar-refractivity contribution in [3.05, 3.63) is 75.5 Å². The van der Waals surface area contributed by atoms with Gasteiger partial charge in [-0.3, -0.25) is 14.4 Å². The van der Waals surface area contributed by atoms with Crippen molar-refractivity contribution < 1.29 is 14.0 Å². The molecular formula is C23H24FN5O3. The third-order valence-corrected chi connectivity index (χ3v) is 5.69. The number of carbonyl (C=O) groups is 2. The third kappa shape index (κ3) is 4.38. The van der Waals surface area contributed by atoms with Gasteiger partial charge in [0.2, 0.25) is 5.91 Å². The number of carbonyl (C=O) groups excluding carboxylic acids is 2. The molecule has 0 atom stereocenters. The topological polar surface area (TPSA) is 112 Å². The zero-order valence-electron chi connectivity index (χ0n) is 17.5. The van der Waals surface area contributed by atoms with Crippen LogP contribution in [0.3, 0.4) is 0 Å². The van der Waals surface area contributed by atoms with Crippen molar-refractivity contribution in [3.8, 4) is 0 Å². The van der Waals surface area contributed by atoms with Gasteiger partial charge in [-0.1, -0.05) is 24.3 Å². The first-order valence-electron chi connectivity index (χ1n) is 10.5. The number of hydrogen-bond acceptors (Lipinski definition) is 5. The molecule has 4 rings (SSSR count). The number of aromatic amines is 1. The van der Waals surface area contributed by atoms with E-state index < -0.39 is 11.7 Å². The Morgan fingerprint density at radius 2 is 1.72 bits per heavy atom. The minimum absolute atomic E-state index is 0.0158. The summed E-state index contributed by atoms with van der Waals surface area (Å²) in [6.07, 6.45) is 0.608. The van der Waals surface area contributed by atoms with E-state index in [-0.39, 0.29) is 30.0 Å². The van der Waals surface area contributed by atoms with Crippen molar-refractivity contribution in [3.63, 3.8) is 0 Å². The summed E-state index contributed by atoms with van der Waals surface area (Å²) in [5, 5.41) is 7.89. The standard InChI is InChI=1S/C23H24FN5O3/c24-19-6-5-15(14-20-16-3-1-2-4-17(16)22(31)27-26-20)13-18(19)23(32)29-11-9-28(10-12-29)21(30)7-8-25/h1-6,13H,7-12,14,25H2,(H,27,31). The number of rotatable bonds is 5. The van der Waals surface area contributed by atoms with Crippen LogP contribution in [0.2, 0.25) is 0 Å². The van der Waals surface area contributed by atoms with Crippen LogP contribution >= 0.6 is 0 Å². The largest absolute Gasteiger partial charge is 0.339 e. The molecule has 8 nitrogen and oxygen atoms in total. The van der Waals surface area contributed by atoms with Gasteiger partial charge in [0, 0.05) is 51.0 Å². The van der Waals surface area contributed by atoms with E-state index in [2.05, 4.69) is 10.2 Å². The summed E-state index contributed by atoms with van der Waals surface area (Å²) in [5.74, 6) is -1.04. The second-order valence-electron chi connectivity index (χ2n) is 7.75. The molecule has 0 bridgehead atoms. The normalized spacial score (nSPS) is 14.1. The highest BCUT2D eigenvalue weighted by Gasteiger charge is 2.26. The van der Waals surface area contributed by atoms with Gasteiger partial charge in [-0.05, 0) is 23.8 Å². The minimum Gasteiger partial charge on any atom is -0.339 e. The van der Waals surface area contributed by atoms with Gasteiger partial charge in [-0.2, -0.15) is 5.10 Å². The molecule has 3 N–H and O–H groups in total. The van der Waals surface area contributed by atoms with Crippen LogP contribution in [-0.4, -0.2) is 64.5 Å². The molecule has 1 aliphatic rings. The third-order valence-electron chi connectivity index (χ3n) is 5.69. The van der Waals surface area contributed by atoms with Gasteiger partial charge in [0.15, 0.2) is 0 Å². The van der Waals surface area contributed by atoms with E-state index in [0.29, 0.717) is 54.6 Å². The molecule has 0 radical (unpaired) electrons. The lowest BCUT2D eigenvalue weighted by molar-refractivity contribution is -0.132. The van der Waals surface area contributed by atoms with E-state index in [4.69, 9.17) is 5.73 Å². The van der Waals surface area contributed by atoms with Crippen molar-refractivity contribution in [2.45, 2.75) is 12.8 Å². The van der Waals surface area contributed by atoms with Crippen LogP contribution < -0.4 is 11.3 Å². The van der Waals surface area contributed by atoms with Crippen molar-refractivity contribution >= 4 is 22.6 Å². The number of hydrogen-bond donors (Lipinski definition) is 2. The Labute approximate surface area is 183 Å². The fourth-order valence-corrected chi connectivity index (χ4v) is 3.96. The minimum atomic E-state index is -0.598. The lowest BCUT2D eigenvalue weighted by atomic mass is 10.0. The highest BCUT2D eigenvalue weighted by atomic mass is 19.1. The number of nitrogens with two attached hydrogens (primary N) is 1. The number of nitrogens with zero attached hydrogens (tertiary/aromatic N) is 3. The first kappa shape index (κ1) is 21.6. The number of nitrogens with one attached hydrogen (secondary N) is 1. The lowest BCUT2D eigenvalue weighted by Crippen LogP contribution is -2.51. The highest BCUT2D eigenvalue weighted by Crippen LogP contribution is 2.20. The predicted molar refractivity (Wildman–Crippen MR) is 118 cm³/mol. The second kappa shape index (κ2) is 9.27. The monoisotopic (exact) mass is 437 g/mol. The van der Waals surface area contributed by atoms with Gasteiger partial charge in [0.25, 0.3) is 11.5 Å². The van der Waals surface area contributed by atoms with E-state index in [1.165, 1.54) is 12.1 Å². The van der Waals surface area contributed by atoms with Crippen LogP contribution in [-0.2, 0) is 11.2 Å². The summed E-state index contributed by atoms with van der Waals surface area (Å²) in [7, 11) is 0. The number of piperazine rings is 1. The summed E-state index contributed by atoms with van der Waals surface area (Å²) < 4.78 is 14.5. The molecule has 0 aliphatic carbocycles. The van der Waals surface area contributed by atoms with Crippen LogP contribution in [0.5, 0.6) is 0 Å². The number of amides is 2. The van der Waals surface area contributed by atoms with Gasteiger partial charge in [0.05, 0.1) is 16.6 Å². The molecule has 166 valence electrons. The number of benzene rings is 2. The quantitative estimate of drug-likeness (QED) is 0.625. The maximum Gasteiger partial charge on any atom is 0.272 e. The van der Waals surface area contributed by atoms with E-state index in [9.17, 15) is 18.8 Å². The summed E-state index contributed by atoms with van der Waals surface area (Å²) >= 11 is 0. The molecule has 0 saturated carbocycles. The summed E-state index contributed by atoms with van der Waals surface area (Å²) in [6, 6.07) is 11.6. The van der Waals surface area contributed by atoms with Crippen molar-refractivity contribution in [2.75, 3.05) is 32.7 Å². The number of halogens is 1. The maximum atomic E-state index is 14.5. The number of fused-ring (bicyclic) bond motifs is 1. The van der Waals surface area contributed by atoms with Crippen molar-refractivity contribution in [1.29, 1.82) is 0 Å². The number of aromatic nitrogens is 2. The smallest absolute Gasteiger partial charge is 0.272 e. The zero-order chi connectivity index (χ0) is 22.7. The molecule has 32 heavy (non-hydrogen) atoms. The van der Waals surface area contributed by atoms with E-state index in [0.717, 1.165) is 0 Å². The highest BCUT2D eigenvalue weighted by molar-refractivity contribution is 5.95. The van der Waals surface area contributed by atoms with Crippen LogP contribution in [0, 0.1) is 5.82 Å². The van der Waals surface area contributed by atoms with Crippen LogP contribution in [0.25, 0.3) is 10.8 Å². The molecule has 1 fully saturated rings. The molecule has 2 heterocycles. The van der Waals surface area contributed by atoms with E-state index >= 15 is 0 Å². The molecule has 1 aliphatic heterocycles. The van der Waals surface area contributed by atoms with Crippen LogP contribution in [0.15, 0.2) is 47.3 Å². The average Bonchev–Trinajstić information content (AvgIpc) is 2.82. The maximum absolute atomic E-state index is 14.5. The molecule has 9 heteroatoms. The van der Waals surface area contributed by atoms with Gasteiger partial charge in [0.1, 0.15) is 5.82 Å². The molecule has 1 aromatic heterocycles. The average molecular weight is 437 g/mol. The first-order chi connectivity index (χ1) is 15.5. The molecule has 1 saturated heterocycles. The SMILES string of the molecule is NCCC(=O)N1CCN(C(=O)c2cc(Cc3n[nH]c(=O)c4ccccc34)ccc2F)CC1. The summed E-state index contributed by atoms with van der Waals surface area (Å²) in [5.41, 5.74) is 6.49. The van der Waals surface area contributed by atoms with Gasteiger partial charge >= 0.3 is 0 Å². The summed E-state index contributed by atoms with van der Waals surface area (Å²) in [4.78, 5) is 40.2. The molecule has 3 aromatic rings. The Morgan fingerprint density at radius 3 is 2.44 bits per heavy atom. The first-order valence-corrected chi connectivity index (χ1v) is 10.5. The fraction of sp³-hybridized carbons (Fsp3) is 0.304. The van der Waals surface area contributed by atoms with E-state index in [1.807, 2.05) is 12.1 Å². The van der Waals surface area contributed by atoms with Crippen LogP contribution in [0.1, 0.15) is 28.0 Å². The van der Waals surface area contributed by atoms with Crippen molar-refractivity contribution in [2.24, 2.45) is 5.73 Å². The Hall–Kier alpha value is -3.59. The Bertz CT molecular complexity index is 1220. The molecule has 0 unspecified atom stereocenters. The van der Waals surface area contributed by atoms with Gasteiger partial charge in [-0.15, -0.1) is 0 Å². The Kier molecular flexibility index (Phi) is 6.27. The van der Waals surface area contributed by atoms with Gasteiger partial charge in [-0.25, -0.2) is 9.49 Å². The lowest BCUT2D eigenvalue weighted by Gasteiger charge is -2.35.